The number of fused-ring (bicyclic) bond motifs is 1. The van der Waals surface area contributed by atoms with Gasteiger partial charge in [-0.15, -0.1) is 0 Å². The van der Waals surface area contributed by atoms with E-state index in [1.165, 1.54) is 12.1 Å². The minimum atomic E-state index is -4.83. The lowest BCUT2D eigenvalue weighted by molar-refractivity contribution is -0.234. The molecule has 1 heterocycles. The molecule has 0 fully saturated rings. The van der Waals surface area contributed by atoms with Crippen LogP contribution in [0.25, 0.3) is 0 Å². The summed E-state index contributed by atoms with van der Waals surface area (Å²) in [5, 5.41) is 9.28. The molecule has 0 radical (unpaired) electrons. The van der Waals surface area contributed by atoms with Crippen LogP contribution in [0.1, 0.15) is 12.5 Å². The first-order chi connectivity index (χ1) is 9.05. The van der Waals surface area contributed by atoms with Crippen LogP contribution in [0.3, 0.4) is 0 Å². The van der Waals surface area contributed by atoms with Gasteiger partial charge in [0.2, 0.25) is 6.10 Å². The van der Waals surface area contributed by atoms with Gasteiger partial charge in [0.05, 0.1) is 5.02 Å². The molecule has 1 N–H and O–H groups in total. The van der Waals surface area contributed by atoms with E-state index in [2.05, 4.69) is 0 Å². The summed E-state index contributed by atoms with van der Waals surface area (Å²) in [5.41, 5.74) is -1.90. The fourth-order valence-electron chi connectivity index (χ4n) is 2.23. The minimum Gasteiger partial charge on any atom is -0.481 e. The van der Waals surface area contributed by atoms with Crippen molar-refractivity contribution in [2.45, 2.75) is 25.6 Å². The van der Waals surface area contributed by atoms with Crippen LogP contribution in [0.15, 0.2) is 12.1 Å². The van der Waals surface area contributed by atoms with Gasteiger partial charge in [-0.2, -0.15) is 13.2 Å². The Morgan fingerprint density at radius 2 is 2.05 bits per heavy atom. The van der Waals surface area contributed by atoms with E-state index in [4.69, 9.17) is 33.0 Å². The molecule has 1 aromatic rings. The van der Waals surface area contributed by atoms with E-state index >= 15 is 0 Å². The van der Waals surface area contributed by atoms with Gasteiger partial charge in [0.1, 0.15) is 11.2 Å². The summed E-state index contributed by atoms with van der Waals surface area (Å²) in [5.74, 6) is -1.77. The maximum Gasteiger partial charge on any atom is 0.426 e. The van der Waals surface area contributed by atoms with Crippen molar-refractivity contribution >= 4 is 29.2 Å². The second-order valence-corrected chi connectivity index (χ2v) is 5.66. The zero-order chi connectivity index (χ0) is 15.3. The number of ether oxygens (including phenoxy) is 1. The lowest BCUT2D eigenvalue weighted by atomic mass is 9.76. The van der Waals surface area contributed by atoms with Crippen LogP contribution in [0.5, 0.6) is 5.75 Å². The Bertz CT molecular complexity index is 574. The molecule has 0 saturated heterocycles. The molecule has 0 aliphatic carbocycles. The number of hydrogen-bond donors (Lipinski definition) is 1. The molecule has 2 atom stereocenters. The molecule has 0 bridgehead atoms. The van der Waals surface area contributed by atoms with Crippen molar-refractivity contribution in [2.75, 3.05) is 0 Å². The van der Waals surface area contributed by atoms with E-state index in [1.54, 1.807) is 0 Å². The topological polar surface area (TPSA) is 46.5 Å². The smallest absolute Gasteiger partial charge is 0.426 e. The predicted octanol–water partition coefficient (Wildman–Crippen LogP) is 3.95. The Kier molecular flexibility index (Phi) is 3.59. The fourth-order valence-corrected chi connectivity index (χ4v) is 2.81. The lowest BCUT2D eigenvalue weighted by Crippen LogP contribution is -2.55. The third-order valence-corrected chi connectivity index (χ3v) is 3.74. The van der Waals surface area contributed by atoms with Gasteiger partial charge in [-0.1, -0.05) is 23.2 Å². The average molecular weight is 329 g/mol. The maximum atomic E-state index is 13.0. The average Bonchev–Trinajstić information content (AvgIpc) is 2.25. The Balaban J connectivity index is 2.59. The molecule has 1 aliphatic heterocycles. The Labute approximate surface area is 122 Å². The fraction of sp³-hybridized carbons (Fsp3) is 0.417. The van der Waals surface area contributed by atoms with Gasteiger partial charge in [0.15, 0.2) is 0 Å². The second kappa shape index (κ2) is 4.70. The molecular formula is C12H9Cl2F3O3. The van der Waals surface area contributed by atoms with Crippen LogP contribution in [0.4, 0.5) is 13.2 Å². The van der Waals surface area contributed by atoms with Gasteiger partial charge in [0, 0.05) is 5.02 Å². The van der Waals surface area contributed by atoms with E-state index in [0.29, 0.717) is 0 Å². The molecule has 1 aromatic carbocycles. The highest BCUT2D eigenvalue weighted by molar-refractivity contribution is 6.35. The van der Waals surface area contributed by atoms with Crippen LogP contribution in [0, 0.1) is 5.41 Å². The second-order valence-electron chi connectivity index (χ2n) is 4.81. The van der Waals surface area contributed by atoms with E-state index in [0.717, 1.165) is 6.92 Å². The van der Waals surface area contributed by atoms with E-state index in [-0.39, 0.29) is 27.8 Å². The molecular weight excluding hydrogens is 320 g/mol. The molecule has 8 heteroatoms. The lowest BCUT2D eigenvalue weighted by Gasteiger charge is -2.40. The van der Waals surface area contributed by atoms with Crippen molar-refractivity contribution in [3.8, 4) is 5.75 Å². The third-order valence-electron chi connectivity index (χ3n) is 3.24. The monoisotopic (exact) mass is 328 g/mol. The molecule has 3 nitrogen and oxygen atoms in total. The summed E-state index contributed by atoms with van der Waals surface area (Å²) in [6.45, 7) is 0.991. The van der Waals surface area contributed by atoms with Crippen molar-refractivity contribution in [3.63, 3.8) is 0 Å². The number of alkyl halides is 3. The maximum absolute atomic E-state index is 13.0. The number of hydrogen-bond acceptors (Lipinski definition) is 2. The van der Waals surface area contributed by atoms with Gasteiger partial charge >= 0.3 is 12.1 Å². The van der Waals surface area contributed by atoms with Crippen LogP contribution >= 0.6 is 23.2 Å². The number of carboxylic acid groups (broad SMARTS) is 1. The Morgan fingerprint density at radius 1 is 1.45 bits per heavy atom. The number of aliphatic carboxylic acids is 1. The van der Waals surface area contributed by atoms with Crippen LogP contribution in [-0.4, -0.2) is 23.4 Å². The molecule has 0 saturated carbocycles. The van der Waals surface area contributed by atoms with Gasteiger partial charge in [0.25, 0.3) is 0 Å². The minimum absolute atomic E-state index is 0.0748. The first-order valence-corrected chi connectivity index (χ1v) is 6.26. The molecule has 2 unspecified atom stereocenters. The summed E-state index contributed by atoms with van der Waals surface area (Å²) in [6, 6.07) is 2.61. The Hall–Kier alpha value is -1.14. The van der Waals surface area contributed by atoms with Crippen molar-refractivity contribution in [1.29, 1.82) is 0 Å². The van der Waals surface area contributed by atoms with E-state index < -0.39 is 23.7 Å². The standard InChI is InChI=1S/C12H9Cl2F3O3/c1-11(10(18)19)4-5-2-6(13)3-7(14)8(5)20-9(11)12(15,16)17/h2-3,9H,4H2,1H3,(H,18,19). The highest BCUT2D eigenvalue weighted by Crippen LogP contribution is 2.48. The largest absolute Gasteiger partial charge is 0.481 e. The highest BCUT2D eigenvalue weighted by Gasteiger charge is 2.59. The predicted molar refractivity (Wildman–Crippen MR) is 66.4 cm³/mol. The summed E-state index contributed by atoms with van der Waals surface area (Å²) in [7, 11) is 0. The van der Waals surface area contributed by atoms with Gasteiger partial charge in [-0.3, -0.25) is 4.79 Å². The summed E-state index contributed by atoms with van der Waals surface area (Å²) in [6.07, 6.45) is -7.67. The number of halogens is 5. The van der Waals surface area contributed by atoms with Gasteiger partial charge in [-0.05, 0) is 31.0 Å². The first kappa shape index (κ1) is 15.3. The Morgan fingerprint density at radius 3 is 2.55 bits per heavy atom. The normalized spacial score (nSPS) is 25.8. The zero-order valence-corrected chi connectivity index (χ0v) is 11.6. The van der Waals surface area contributed by atoms with Gasteiger partial charge < -0.3 is 9.84 Å². The molecule has 1 aliphatic rings. The quantitative estimate of drug-likeness (QED) is 0.849. The highest BCUT2D eigenvalue weighted by atomic mass is 35.5. The molecule has 20 heavy (non-hydrogen) atoms. The van der Waals surface area contributed by atoms with Crippen LogP contribution in [-0.2, 0) is 11.2 Å². The molecule has 0 spiro atoms. The van der Waals surface area contributed by atoms with Crippen LogP contribution < -0.4 is 4.74 Å². The molecule has 0 amide bonds. The molecule has 2 rings (SSSR count). The zero-order valence-electron chi connectivity index (χ0n) is 10.1. The number of carboxylic acids is 1. The van der Waals surface area contributed by atoms with Crippen molar-refractivity contribution < 1.29 is 27.8 Å². The van der Waals surface area contributed by atoms with Crippen molar-refractivity contribution in [1.82, 2.24) is 0 Å². The first-order valence-electron chi connectivity index (χ1n) is 5.50. The molecule has 110 valence electrons. The molecule has 0 aromatic heterocycles. The third kappa shape index (κ3) is 2.42. The summed E-state index contributed by atoms with van der Waals surface area (Å²) < 4.78 is 44.0. The van der Waals surface area contributed by atoms with E-state index in [9.17, 15) is 18.0 Å². The number of rotatable bonds is 1. The van der Waals surface area contributed by atoms with Crippen molar-refractivity contribution in [2.24, 2.45) is 5.41 Å². The summed E-state index contributed by atoms with van der Waals surface area (Å²) in [4.78, 5) is 11.3. The van der Waals surface area contributed by atoms with Crippen LogP contribution in [0.2, 0.25) is 10.0 Å². The SMILES string of the molecule is CC1(C(=O)O)Cc2cc(Cl)cc(Cl)c2OC1C(F)(F)F. The number of benzene rings is 1. The summed E-state index contributed by atoms with van der Waals surface area (Å²) >= 11 is 11.6. The van der Waals surface area contributed by atoms with Gasteiger partial charge in [-0.25, -0.2) is 0 Å². The van der Waals surface area contributed by atoms with E-state index in [1.807, 2.05) is 0 Å². The number of carbonyl (C=O) groups is 1. The van der Waals surface area contributed by atoms with Crippen molar-refractivity contribution in [3.05, 3.63) is 27.7 Å².